The van der Waals surface area contributed by atoms with Gasteiger partial charge in [-0.1, -0.05) is 121 Å². The predicted molar refractivity (Wildman–Crippen MR) is 211 cm³/mol. The fraction of sp³-hybridized carbons (Fsp3) is 0.217. The van der Waals surface area contributed by atoms with Crippen LogP contribution in [0.2, 0.25) is 0 Å². The van der Waals surface area contributed by atoms with Gasteiger partial charge in [0.1, 0.15) is 22.5 Å². The summed E-state index contributed by atoms with van der Waals surface area (Å²) in [5.41, 5.74) is 12.1. The van der Waals surface area contributed by atoms with Crippen LogP contribution in [-0.2, 0) is 5.41 Å². The molecule has 51 heavy (non-hydrogen) atoms. The lowest BCUT2D eigenvalue weighted by Gasteiger charge is -2.24. The number of hydrogen-bond acceptors (Lipinski definition) is 4. The molecule has 0 unspecified atom stereocenters. The lowest BCUT2D eigenvalue weighted by atomic mass is 9.88. The molecule has 0 amide bonds. The molecule has 9 aromatic rings. The summed E-state index contributed by atoms with van der Waals surface area (Å²) < 4.78 is 15.5. The van der Waals surface area contributed by atoms with E-state index in [1.807, 2.05) is 6.07 Å². The Morgan fingerprint density at radius 2 is 1.29 bits per heavy atom. The second-order valence-corrected chi connectivity index (χ2v) is 15.5. The minimum atomic E-state index is -0.193. The monoisotopic (exact) mass is 667 g/mol. The topological polar surface area (TPSA) is 57.0 Å². The van der Waals surface area contributed by atoms with Crippen molar-refractivity contribution in [3.63, 3.8) is 0 Å². The third-order valence-electron chi connectivity index (χ3n) is 10.2. The molecule has 0 aliphatic heterocycles. The number of furan rings is 1. The van der Waals surface area contributed by atoms with E-state index in [0.717, 1.165) is 61.4 Å². The van der Waals surface area contributed by atoms with E-state index < -0.39 is 0 Å². The SMILES string of the molecule is CC(C)c1cc(-c2ccccc2)cc(C(C)C)c1-n1c(-c2cccc3c2oc2cc4oc(C(C)(C)C)nc4cc23)nc2ccc3ccccc3c21. The lowest BCUT2D eigenvalue weighted by molar-refractivity contribution is 0.411. The number of fused-ring (bicyclic) bond motifs is 7. The van der Waals surface area contributed by atoms with Crippen molar-refractivity contribution < 1.29 is 8.83 Å². The highest BCUT2D eigenvalue weighted by Gasteiger charge is 2.27. The van der Waals surface area contributed by atoms with Gasteiger partial charge in [-0.15, -0.1) is 0 Å². The number of aromatic nitrogens is 3. The highest BCUT2D eigenvalue weighted by molar-refractivity contribution is 6.13. The van der Waals surface area contributed by atoms with Crippen molar-refractivity contribution >= 4 is 54.8 Å². The zero-order valence-corrected chi connectivity index (χ0v) is 30.2. The molecule has 3 heterocycles. The predicted octanol–water partition coefficient (Wildman–Crippen LogP) is 13.1. The molecule has 0 saturated heterocycles. The molecule has 9 rings (SSSR count). The first-order valence-electron chi connectivity index (χ1n) is 18.0. The van der Waals surface area contributed by atoms with Crippen LogP contribution in [0.4, 0.5) is 0 Å². The van der Waals surface area contributed by atoms with E-state index in [-0.39, 0.29) is 17.3 Å². The van der Waals surface area contributed by atoms with Crippen LogP contribution < -0.4 is 0 Å². The molecule has 0 aliphatic rings. The lowest BCUT2D eigenvalue weighted by Crippen LogP contribution is -2.10. The van der Waals surface area contributed by atoms with E-state index in [2.05, 4.69) is 156 Å². The maximum atomic E-state index is 6.81. The van der Waals surface area contributed by atoms with E-state index in [4.69, 9.17) is 18.8 Å². The molecule has 0 fully saturated rings. The number of oxazole rings is 1. The molecule has 0 N–H and O–H groups in total. The van der Waals surface area contributed by atoms with E-state index in [1.165, 1.54) is 38.7 Å². The Hall–Kier alpha value is -5.68. The van der Waals surface area contributed by atoms with E-state index in [0.29, 0.717) is 0 Å². The smallest absolute Gasteiger partial charge is 0.200 e. The van der Waals surface area contributed by atoms with Crippen LogP contribution in [0.15, 0.2) is 118 Å². The second-order valence-electron chi connectivity index (χ2n) is 15.5. The highest BCUT2D eigenvalue weighted by Crippen LogP contribution is 2.44. The number of para-hydroxylation sites is 1. The minimum Gasteiger partial charge on any atom is -0.455 e. The van der Waals surface area contributed by atoms with Crippen molar-refractivity contribution in [2.24, 2.45) is 0 Å². The van der Waals surface area contributed by atoms with Crippen molar-refractivity contribution in [2.75, 3.05) is 0 Å². The number of hydrogen-bond donors (Lipinski definition) is 0. The van der Waals surface area contributed by atoms with Crippen LogP contribution in [-0.4, -0.2) is 14.5 Å². The van der Waals surface area contributed by atoms with Crippen molar-refractivity contribution in [2.45, 2.75) is 65.7 Å². The summed E-state index contributed by atoms with van der Waals surface area (Å²) in [6, 6.07) is 39.0. The molecule has 0 spiro atoms. The van der Waals surface area contributed by atoms with Gasteiger partial charge in [0.2, 0.25) is 5.89 Å². The van der Waals surface area contributed by atoms with Gasteiger partial charge in [0, 0.05) is 27.6 Å². The van der Waals surface area contributed by atoms with Crippen LogP contribution in [0.3, 0.4) is 0 Å². The molecule has 5 heteroatoms. The molecule has 5 nitrogen and oxygen atoms in total. The molecule has 252 valence electrons. The molecule has 0 radical (unpaired) electrons. The van der Waals surface area contributed by atoms with Crippen LogP contribution in [0.5, 0.6) is 0 Å². The maximum absolute atomic E-state index is 6.81. The number of imidazole rings is 1. The molecule has 0 aliphatic carbocycles. The Kier molecular flexibility index (Phi) is 7.01. The normalized spacial score (nSPS) is 12.6. The quantitative estimate of drug-likeness (QED) is 0.183. The first-order chi connectivity index (χ1) is 24.6. The Balaban J connectivity index is 1.39. The van der Waals surface area contributed by atoms with Gasteiger partial charge in [0.25, 0.3) is 0 Å². The zero-order valence-electron chi connectivity index (χ0n) is 30.2. The molecule has 3 aromatic heterocycles. The van der Waals surface area contributed by atoms with Crippen molar-refractivity contribution in [3.05, 3.63) is 126 Å². The third kappa shape index (κ3) is 4.97. The third-order valence-corrected chi connectivity index (χ3v) is 10.2. The summed E-state index contributed by atoms with van der Waals surface area (Å²) in [4.78, 5) is 10.3. The van der Waals surface area contributed by atoms with Gasteiger partial charge >= 0.3 is 0 Å². The molecular formula is C46H41N3O2. The van der Waals surface area contributed by atoms with Crippen LogP contribution in [0.25, 0.3) is 83.0 Å². The average molecular weight is 668 g/mol. The molecule has 6 aromatic carbocycles. The molecule has 0 saturated carbocycles. The fourth-order valence-electron chi connectivity index (χ4n) is 7.57. The van der Waals surface area contributed by atoms with Crippen molar-refractivity contribution in [3.8, 4) is 28.2 Å². The van der Waals surface area contributed by atoms with E-state index in [9.17, 15) is 0 Å². The summed E-state index contributed by atoms with van der Waals surface area (Å²) in [5, 5.41) is 4.39. The van der Waals surface area contributed by atoms with Gasteiger partial charge in [-0.25, -0.2) is 9.97 Å². The first kappa shape index (κ1) is 31.3. The second kappa shape index (κ2) is 11.4. The molecule has 0 bridgehead atoms. The standard InChI is InChI=1S/C46H41N3O2/c1-26(2)34-22-30(28-14-9-8-10-15-28)23-35(27(3)4)41(34)49-42-31-17-12-11-16-29(31)20-21-37(42)47-44(49)33-19-13-18-32-36-24-38-40(25-39(36)50-43(32)33)51-45(48-38)46(5,6)7/h8-27H,1-7H3. The number of nitrogens with zero attached hydrogens (tertiary/aromatic N) is 3. The van der Waals surface area contributed by atoms with E-state index in [1.54, 1.807) is 0 Å². The summed E-state index contributed by atoms with van der Waals surface area (Å²) in [7, 11) is 0. The van der Waals surface area contributed by atoms with Gasteiger partial charge < -0.3 is 8.83 Å². The van der Waals surface area contributed by atoms with E-state index >= 15 is 0 Å². The Morgan fingerprint density at radius 1 is 0.588 bits per heavy atom. The number of rotatable bonds is 5. The van der Waals surface area contributed by atoms with Gasteiger partial charge in [-0.3, -0.25) is 4.57 Å². The van der Waals surface area contributed by atoms with Crippen LogP contribution in [0, 0.1) is 0 Å². The number of benzene rings is 6. The zero-order chi connectivity index (χ0) is 35.2. The fourth-order valence-corrected chi connectivity index (χ4v) is 7.57. The summed E-state index contributed by atoms with van der Waals surface area (Å²) >= 11 is 0. The first-order valence-corrected chi connectivity index (χ1v) is 18.0. The molecular weight excluding hydrogens is 627 g/mol. The van der Waals surface area contributed by atoms with Crippen LogP contribution in [0.1, 0.15) is 77.3 Å². The van der Waals surface area contributed by atoms with Crippen molar-refractivity contribution in [1.29, 1.82) is 0 Å². The Morgan fingerprint density at radius 3 is 2.02 bits per heavy atom. The summed E-state index contributed by atoms with van der Waals surface area (Å²) in [6.45, 7) is 15.5. The summed E-state index contributed by atoms with van der Waals surface area (Å²) in [5.74, 6) is 2.09. The van der Waals surface area contributed by atoms with Gasteiger partial charge in [0.15, 0.2) is 5.58 Å². The Bertz CT molecular complexity index is 2760. The minimum absolute atomic E-state index is 0.193. The summed E-state index contributed by atoms with van der Waals surface area (Å²) in [6.07, 6.45) is 0. The van der Waals surface area contributed by atoms with Gasteiger partial charge in [0.05, 0.1) is 22.3 Å². The molecule has 0 atom stereocenters. The van der Waals surface area contributed by atoms with Crippen LogP contribution >= 0.6 is 0 Å². The van der Waals surface area contributed by atoms with Crippen molar-refractivity contribution in [1.82, 2.24) is 14.5 Å². The maximum Gasteiger partial charge on any atom is 0.200 e. The van der Waals surface area contributed by atoms with Gasteiger partial charge in [-0.05, 0) is 69.8 Å². The highest BCUT2D eigenvalue weighted by atomic mass is 16.4. The largest absolute Gasteiger partial charge is 0.455 e. The Labute approximate surface area is 297 Å². The average Bonchev–Trinajstić information content (AvgIpc) is 3.83. The van der Waals surface area contributed by atoms with Gasteiger partial charge in [-0.2, -0.15) is 0 Å².